The molecule has 6 nitrogen and oxygen atoms in total. The lowest BCUT2D eigenvalue weighted by Gasteiger charge is -2.27. The van der Waals surface area contributed by atoms with Gasteiger partial charge in [0, 0.05) is 24.2 Å². The first kappa shape index (κ1) is 16.5. The zero-order chi connectivity index (χ0) is 17.2. The van der Waals surface area contributed by atoms with Gasteiger partial charge in [-0.3, -0.25) is 10.1 Å². The Balaban J connectivity index is 1.42. The minimum absolute atomic E-state index is 0.153. The molecule has 1 aliphatic carbocycles. The third kappa shape index (κ3) is 3.67. The fourth-order valence-corrected chi connectivity index (χ4v) is 4.43. The topological polar surface area (TPSA) is 67.4 Å². The molecular formula is C18H22N4O2S. The molecule has 2 aliphatic rings. The number of nitrogens with one attached hydrogen (secondary N) is 1. The lowest BCUT2D eigenvalue weighted by atomic mass is 9.93. The molecule has 3 heterocycles. The largest absolute Gasteiger partial charge is 0.378 e. The molecule has 2 aromatic heterocycles. The summed E-state index contributed by atoms with van der Waals surface area (Å²) < 4.78 is 5.35. The first-order valence-electron chi connectivity index (χ1n) is 8.78. The fourth-order valence-electron chi connectivity index (χ4n) is 3.26. The van der Waals surface area contributed by atoms with Crippen LogP contribution < -0.4 is 10.2 Å². The molecule has 2 aromatic rings. The van der Waals surface area contributed by atoms with E-state index >= 15 is 0 Å². The summed E-state index contributed by atoms with van der Waals surface area (Å²) in [5.41, 5.74) is 1.71. The van der Waals surface area contributed by atoms with Crippen molar-refractivity contribution in [3.8, 4) is 0 Å². The molecule has 1 N–H and O–H groups in total. The SMILES string of the molecule is CC1CCc2nc(NC(=O)c3ccc(N4CCOCC4)nc3)sc2C1. The van der Waals surface area contributed by atoms with Crippen LogP contribution >= 0.6 is 11.3 Å². The summed E-state index contributed by atoms with van der Waals surface area (Å²) in [5.74, 6) is 1.44. The Morgan fingerprint density at radius 2 is 2.20 bits per heavy atom. The van der Waals surface area contributed by atoms with E-state index in [0.717, 1.165) is 50.7 Å². The van der Waals surface area contributed by atoms with Crippen LogP contribution in [0.15, 0.2) is 18.3 Å². The van der Waals surface area contributed by atoms with Gasteiger partial charge in [0.15, 0.2) is 5.13 Å². The van der Waals surface area contributed by atoms with Gasteiger partial charge < -0.3 is 9.64 Å². The van der Waals surface area contributed by atoms with E-state index in [1.165, 1.54) is 11.3 Å². The molecule has 1 aliphatic heterocycles. The number of carbonyl (C=O) groups is 1. The van der Waals surface area contributed by atoms with Crippen molar-refractivity contribution >= 4 is 28.2 Å². The number of hydrogen-bond acceptors (Lipinski definition) is 6. The maximum atomic E-state index is 12.5. The van der Waals surface area contributed by atoms with E-state index in [1.54, 1.807) is 17.5 Å². The number of ether oxygens (including phenoxy) is 1. The minimum atomic E-state index is -0.153. The van der Waals surface area contributed by atoms with Gasteiger partial charge >= 0.3 is 0 Å². The first-order valence-corrected chi connectivity index (χ1v) is 9.59. The van der Waals surface area contributed by atoms with Crippen LogP contribution in [0.4, 0.5) is 10.9 Å². The number of aryl methyl sites for hydroxylation is 1. The highest BCUT2D eigenvalue weighted by Gasteiger charge is 2.21. The quantitative estimate of drug-likeness (QED) is 0.914. The van der Waals surface area contributed by atoms with Crippen LogP contribution in [0.3, 0.4) is 0 Å². The fraction of sp³-hybridized carbons (Fsp3) is 0.500. The van der Waals surface area contributed by atoms with Gasteiger partial charge in [-0.1, -0.05) is 6.92 Å². The maximum absolute atomic E-state index is 12.5. The molecule has 132 valence electrons. The second-order valence-electron chi connectivity index (χ2n) is 6.70. The summed E-state index contributed by atoms with van der Waals surface area (Å²) in [4.78, 5) is 25.0. The van der Waals surface area contributed by atoms with Crippen molar-refractivity contribution in [2.75, 3.05) is 36.5 Å². The van der Waals surface area contributed by atoms with E-state index < -0.39 is 0 Å². The van der Waals surface area contributed by atoms with Crippen LogP contribution in [0, 0.1) is 5.92 Å². The van der Waals surface area contributed by atoms with E-state index in [2.05, 4.69) is 27.1 Å². The predicted molar refractivity (Wildman–Crippen MR) is 98.5 cm³/mol. The van der Waals surface area contributed by atoms with Gasteiger partial charge in [0.2, 0.25) is 0 Å². The molecular weight excluding hydrogens is 336 g/mol. The van der Waals surface area contributed by atoms with Crippen molar-refractivity contribution in [1.29, 1.82) is 0 Å². The maximum Gasteiger partial charge on any atom is 0.259 e. The van der Waals surface area contributed by atoms with Gasteiger partial charge in [-0.05, 0) is 37.3 Å². The number of amides is 1. The van der Waals surface area contributed by atoms with Crippen molar-refractivity contribution in [3.05, 3.63) is 34.5 Å². The molecule has 25 heavy (non-hydrogen) atoms. The van der Waals surface area contributed by atoms with E-state index in [4.69, 9.17) is 4.74 Å². The van der Waals surface area contributed by atoms with E-state index in [0.29, 0.717) is 16.6 Å². The molecule has 7 heteroatoms. The Hall–Kier alpha value is -1.99. The van der Waals surface area contributed by atoms with Crippen molar-refractivity contribution in [2.45, 2.75) is 26.2 Å². The molecule has 4 rings (SSSR count). The molecule has 1 amide bonds. The Bertz CT molecular complexity index is 753. The van der Waals surface area contributed by atoms with E-state index in [9.17, 15) is 4.79 Å². The van der Waals surface area contributed by atoms with Crippen LogP contribution in [0.1, 0.15) is 34.3 Å². The van der Waals surface area contributed by atoms with Gasteiger partial charge in [-0.2, -0.15) is 0 Å². The number of carbonyl (C=O) groups excluding carboxylic acids is 1. The average molecular weight is 358 g/mol. The van der Waals surface area contributed by atoms with Crippen molar-refractivity contribution in [2.24, 2.45) is 5.92 Å². The summed E-state index contributed by atoms with van der Waals surface area (Å²) in [6.45, 7) is 5.38. The van der Waals surface area contributed by atoms with Crippen molar-refractivity contribution in [1.82, 2.24) is 9.97 Å². The molecule has 0 spiro atoms. The Labute approximate surface area is 151 Å². The number of rotatable bonds is 3. The van der Waals surface area contributed by atoms with Gasteiger partial charge in [-0.25, -0.2) is 9.97 Å². The highest BCUT2D eigenvalue weighted by Crippen LogP contribution is 2.32. The van der Waals surface area contributed by atoms with Crippen molar-refractivity contribution in [3.63, 3.8) is 0 Å². The third-order valence-corrected chi connectivity index (χ3v) is 5.79. The Kier molecular flexibility index (Phi) is 4.67. The molecule has 1 unspecified atom stereocenters. The van der Waals surface area contributed by atoms with Crippen LogP contribution in [0.25, 0.3) is 0 Å². The smallest absolute Gasteiger partial charge is 0.259 e. The first-order chi connectivity index (χ1) is 12.2. The molecule has 1 fully saturated rings. The molecule has 0 saturated carbocycles. The average Bonchev–Trinajstić information content (AvgIpc) is 3.04. The normalized spacial score (nSPS) is 20.2. The van der Waals surface area contributed by atoms with Crippen molar-refractivity contribution < 1.29 is 9.53 Å². The third-order valence-electron chi connectivity index (χ3n) is 4.75. The predicted octanol–water partition coefficient (Wildman–Crippen LogP) is 2.75. The Morgan fingerprint density at radius 3 is 2.96 bits per heavy atom. The number of morpholine rings is 1. The zero-order valence-corrected chi connectivity index (χ0v) is 15.1. The number of anilines is 2. The Morgan fingerprint density at radius 1 is 1.36 bits per heavy atom. The molecule has 1 saturated heterocycles. The number of fused-ring (bicyclic) bond motifs is 1. The summed E-state index contributed by atoms with van der Waals surface area (Å²) in [6.07, 6.45) is 4.89. The number of pyridine rings is 1. The second-order valence-corrected chi connectivity index (χ2v) is 7.78. The van der Waals surface area contributed by atoms with Gasteiger partial charge in [0.05, 0.1) is 24.5 Å². The van der Waals surface area contributed by atoms with Crippen LogP contribution in [0.2, 0.25) is 0 Å². The minimum Gasteiger partial charge on any atom is -0.378 e. The molecule has 1 atom stereocenters. The summed E-state index contributed by atoms with van der Waals surface area (Å²) in [6, 6.07) is 3.72. The lowest BCUT2D eigenvalue weighted by Crippen LogP contribution is -2.36. The van der Waals surface area contributed by atoms with E-state index in [-0.39, 0.29) is 5.91 Å². The number of hydrogen-bond donors (Lipinski definition) is 1. The number of aromatic nitrogens is 2. The highest BCUT2D eigenvalue weighted by molar-refractivity contribution is 7.15. The standard InChI is InChI=1S/C18H22N4O2S/c1-12-2-4-14-15(10-12)25-18(20-14)21-17(23)13-3-5-16(19-11-13)22-6-8-24-9-7-22/h3,5,11-12H,2,4,6-10H2,1H3,(H,20,21,23). The van der Waals surface area contributed by atoms with Gasteiger partial charge in [-0.15, -0.1) is 11.3 Å². The van der Waals surface area contributed by atoms with E-state index in [1.807, 2.05) is 12.1 Å². The zero-order valence-electron chi connectivity index (χ0n) is 14.3. The highest BCUT2D eigenvalue weighted by atomic mass is 32.1. The van der Waals surface area contributed by atoms with Crippen LogP contribution in [-0.4, -0.2) is 42.2 Å². The molecule has 0 aromatic carbocycles. The summed E-state index contributed by atoms with van der Waals surface area (Å²) in [5, 5.41) is 3.62. The summed E-state index contributed by atoms with van der Waals surface area (Å²) >= 11 is 1.60. The van der Waals surface area contributed by atoms with Crippen LogP contribution in [-0.2, 0) is 17.6 Å². The number of thiazole rings is 1. The summed E-state index contributed by atoms with van der Waals surface area (Å²) in [7, 11) is 0. The number of nitrogens with zero attached hydrogens (tertiary/aromatic N) is 3. The van der Waals surface area contributed by atoms with Crippen LogP contribution in [0.5, 0.6) is 0 Å². The lowest BCUT2D eigenvalue weighted by molar-refractivity contribution is 0.102. The molecule has 0 bridgehead atoms. The van der Waals surface area contributed by atoms with Gasteiger partial charge in [0.1, 0.15) is 5.82 Å². The molecule has 0 radical (unpaired) electrons. The second kappa shape index (κ2) is 7.09. The van der Waals surface area contributed by atoms with Gasteiger partial charge in [0.25, 0.3) is 5.91 Å². The monoisotopic (exact) mass is 358 g/mol.